The Labute approximate surface area is 141 Å². The van der Waals surface area contributed by atoms with E-state index in [1.165, 1.54) is 0 Å². The van der Waals surface area contributed by atoms with Crippen LogP contribution in [0.1, 0.15) is 37.7 Å². The molecule has 1 saturated carbocycles. The Hall–Kier alpha value is -2.24. The summed E-state index contributed by atoms with van der Waals surface area (Å²) in [5, 5.41) is 3.05. The zero-order valence-electron chi connectivity index (χ0n) is 13.7. The Morgan fingerprint density at radius 1 is 1.21 bits per heavy atom. The minimum atomic E-state index is -0.458. The van der Waals surface area contributed by atoms with E-state index < -0.39 is 6.10 Å². The van der Waals surface area contributed by atoms with Gasteiger partial charge in [0.25, 0.3) is 5.91 Å². The minimum absolute atomic E-state index is 0.0105. The van der Waals surface area contributed by atoms with Crippen molar-refractivity contribution >= 4 is 11.9 Å². The zero-order chi connectivity index (χ0) is 16.7. The van der Waals surface area contributed by atoms with Crippen molar-refractivity contribution in [2.75, 3.05) is 13.1 Å². The lowest BCUT2D eigenvalue weighted by Crippen LogP contribution is -2.52. The number of fused-ring (bicyclic) bond motifs is 2. The molecule has 3 aliphatic rings. The van der Waals surface area contributed by atoms with Crippen molar-refractivity contribution in [1.29, 1.82) is 0 Å². The molecule has 0 radical (unpaired) electrons. The summed E-state index contributed by atoms with van der Waals surface area (Å²) in [6.07, 6.45) is 3.95. The number of primary amides is 1. The standard InChI is InChI=1S/C18H23N3O3/c19-17(23)21-9-7-18(8-10-21)11-15(16(22)20-12-5-6-12)24-14-4-2-1-3-13(14)18/h1-4,12,15H,5-11H2,(H2,19,23)(H,20,22). The van der Waals surface area contributed by atoms with Crippen molar-refractivity contribution in [2.24, 2.45) is 5.73 Å². The molecule has 1 aromatic carbocycles. The number of nitrogens with zero attached hydrogens (tertiary/aromatic N) is 1. The van der Waals surface area contributed by atoms with E-state index in [0.29, 0.717) is 25.6 Å². The van der Waals surface area contributed by atoms with E-state index in [1.807, 2.05) is 18.2 Å². The van der Waals surface area contributed by atoms with Gasteiger partial charge in [-0.25, -0.2) is 4.79 Å². The van der Waals surface area contributed by atoms with Gasteiger partial charge in [-0.1, -0.05) is 18.2 Å². The van der Waals surface area contributed by atoms with Crippen LogP contribution in [0.25, 0.3) is 0 Å². The van der Waals surface area contributed by atoms with E-state index in [4.69, 9.17) is 10.5 Å². The molecular formula is C18H23N3O3. The Balaban J connectivity index is 1.60. The van der Waals surface area contributed by atoms with Gasteiger partial charge >= 0.3 is 6.03 Å². The molecule has 1 saturated heterocycles. The second-order valence-corrected chi connectivity index (χ2v) is 7.20. The van der Waals surface area contributed by atoms with Crippen LogP contribution in [0.5, 0.6) is 5.75 Å². The SMILES string of the molecule is NC(=O)N1CCC2(CC1)CC(C(=O)NC1CC1)Oc1ccccc12. The van der Waals surface area contributed by atoms with Crippen molar-refractivity contribution in [3.63, 3.8) is 0 Å². The zero-order valence-corrected chi connectivity index (χ0v) is 13.7. The third-order valence-corrected chi connectivity index (χ3v) is 5.55. The average Bonchev–Trinajstić information content (AvgIpc) is 3.39. The van der Waals surface area contributed by atoms with E-state index in [2.05, 4.69) is 11.4 Å². The summed E-state index contributed by atoms with van der Waals surface area (Å²) in [6, 6.07) is 7.93. The van der Waals surface area contributed by atoms with Crippen LogP contribution in [0.15, 0.2) is 24.3 Å². The number of amides is 3. The van der Waals surface area contributed by atoms with Crippen LogP contribution in [0.3, 0.4) is 0 Å². The smallest absolute Gasteiger partial charge is 0.314 e. The van der Waals surface area contributed by atoms with Gasteiger partial charge in [-0.2, -0.15) is 0 Å². The largest absolute Gasteiger partial charge is 0.480 e. The minimum Gasteiger partial charge on any atom is -0.480 e. The second kappa shape index (κ2) is 5.69. The summed E-state index contributed by atoms with van der Waals surface area (Å²) in [7, 11) is 0. The molecule has 2 aliphatic heterocycles. The van der Waals surface area contributed by atoms with Gasteiger partial charge in [0.1, 0.15) is 5.75 Å². The van der Waals surface area contributed by atoms with Crippen molar-refractivity contribution in [2.45, 2.75) is 49.7 Å². The maximum atomic E-state index is 12.5. The predicted octanol–water partition coefficient (Wildman–Crippen LogP) is 1.53. The highest BCUT2D eigenvalue weighted by atomic mass is 16.5. The molecule has 1 aromatic rings. The first-order valence-electron chi connectivity index (χ1n) is 8.68. The van der Waals surface area contributed by atoms with Gasteiger partial charge < -0.3 is 20.7 Å². The number of piperidine rings is 1. The highest BCUT2D eigenvalue weighted by Gasteiger charge is 2.46. The van der Waals surface area contributed by atoms with Crippen LogP contribution >= 0.6 is 0 Å². The summed E-state index contributed by atoms with van der Waals surface area (Å²) in [5.74, 6) is 0.788. The second-order valence-electron chi connectivity index (χ2n) is 7.20. The van der Waals surface area contributed by atoms with E-state index >= 15 is 0 Å². The Kier molecular flexibility index (Phi) is 3.62. The number of rotatable bonds is 2. The molecule has 3 N–H and O–H groups in total. The molecule has 4 rings (SSSR count). The molecule has 24 heavy (non-hydrogen) atoms. The maximum absolute atomic E-state index is 12.5. The van der Waals surface area contributed by atoms with Crippen molar-refractivity contribution in [1.82, 2.24) is 10.2 Å². The average molecular weight is 329 g/mol. The fraction of sp³-hybridized carbons (Fsp3) is 0.556. The van der Waals surface area contributed by atoms with Gasteiger partial charge in [-0.15, -0.1) is 0 Å². The lowest BCUT2D eigenvalue weighted by Gasteiger charge is -2.46. The molecule has 6 heteroatoms. The van der Waals surface area contributed by atoms with Gasteiger partial charge in [0.05, 0.1) is 0 Å². The number of urea groups is 1. The summed E-state index contributed by atoms with van der Waals surface area (Å²) < 4.78 is 6.01. The molecule has 128 valence electrons. The normalized spacial score (nSPS) is 24.8. The third kappa shape index (κ3) is 2.70. The molecular weight excluding hydrogens is 306 g/mol. The van der Waals surface area contributed by atoms with Crippen molar-refractivity contribution in [3.05, 3.63) is 29.8 Å². The summed E-state index contributed by atoms with van der Waals surface area (Å²) in [4.78, 5) is 25.7. The number of nitrogens with one attached hydrogen (secondary N) is 1. The predicted molar refractivity (Wildman–Crippen MR) is 88.7 cm³/mol. The van der Waals surface area contributed by atoms with Crippen LogP contribution in [0, 0.1) is 0 Å². The van der Waals surface area contributed by atoms with Gasteiger partial charge in [0, 0.05) is 36.5 Å². The van der Waals surface area contributed by atoms with Crippen molar-refractivity contribution in [3.8, 4) is 5.75 Å². The van der Waals surface area contributed by atoms with Gasteiger partial charge in [0.15, 0.2) is 6.10 Å². The number of ether oxygens (including phenoxy) is 1. The topological polar surface area (TPSA) is 84.7 Å². The number of carbonyl (C=O) groups excluding carboxylic acids is 2. The molecule has 2 fully saturated rings. The fourth-order valence-electron chi connectivity index (χ4n) is 3.96. The summed E-state index contributed by atoms with van der Waals surface area (Å²) in [6.45, 7) is 1.25. The van der Waals surface area contributed by atoms with Gasteiger partial charge in [-0.05, 0) is 31.7 Å². The first kappa shape index (κ1) is 15.3. The molecule has 1 unspecified atom stereocenters. The number of para-hydroxylation sites is 1. The van der Waals surface area contributed by atoms with Crippen molar-refractivity contribution < 1.29 is 14.3 Å². The molecule has 1 aliphatic carbocycles. The molecule has 1 atom stereocenters. The third-order valence-electron chi connectivity index (χ3n) is 5.55. The Morgan fingerprint density at radius 3 is 2.58 bits per heavy atom. The maximum Gasteiger partial charge on any atom is 0.314 e. The first-order chi connectivity index (χ1) is 11.6. The van der Waals surface area contributed by atoms with Crippen LogP contribution in [0.2, 0.25) is 0 Å². The lowest BCUT2D eigenvalue weighted by atomic mass is 9.67. The Morgan fingerprint density at radius 2 is 1.92 bits per heavy atom. The summed E-state index contributed by atoms with van der Waals surface area (Å²) in [5.41, 5.74) is 6.45. The van der Waals surface area contributed by atoms with E-state index in [9.17, 15) is 9.59 Å². The number of nitrogens with two attached hydrogens (primary N) is 1. The van der Waals surface area contributed by atoms with E-state index in [1.54, 1.807) is 4.90 Å². The molecule has 0 bridgehead atoms. The number of hydrogen-bond donors (Lipinski definition) is 2. The highest BCUT2D eigenvalue weighted by molar-refractivity contribution is 5.82. The quantitative estimate of drug-likeness (QED) is 0.863. The molecule has 0 aromatic heterocycles. The molecule has 2 heterocycles. The summed E-state index contributed by atoms with van der Waals surface area (Å²) >= 11 is 0. The van der Waals surface area contributed by atoms with E-state index in [0.717, 1.165) is 37.0 Å². The van der Waals surface area contributed by atoms with Crippen LogP contribution in [-0.2, 0) is 10.2 Å². The van der Waals surface area contributed by atoms with E-state index in [-0.39, 0.29) is 17.4 Å². The first-order valence-corrected chi connectivity index (χ1v) is 8.68. The van der Waals surface area contributed by atoms with Gasteiger partial charge in [-0.3, -0.25) is 4.79 Å². The highest BCUT2D eigenvalue weighted by Crippen LogP contribution is 2.47. The van der Waals surface area contributed by atoms with Crippen LogP contribution < -0.4 is 15.8 Å². The van der Waals surface area contributed by atoms with Gasteiger partial charge in [0.2, 0.25) is 0 Å². The number of hydrogen-bond acceptors (Lipinski definition) is 3. The van der Waals surface area contributed by atoms with Crippen LogP contribution in [-0.4, -0.2) is 42.1 Å². The number of benzene rings is 1. The molecule has 1 spiro atoms. The number of likely N-dealkylation sites (tertiary alicyclic amines) is 1. The number of carbonyl (C=O) groups is 2. The lowest BCUT2D eigenvalue weighted by molar-refractivity contribution is -0.130. The monoisotopic (exact) mass is 329 g/mol. The Bertz CT molecular complexity index is 663. The fourth-order valence-corrected chi connectivity index (χ4v) is 3.96. The molecule has 6 nitrogen and oxygen atoms in total. The van der Waals surface area contributed by atoms with Crippen LogP contribution in [0.4, 0.5) is 4.79 Å². The molecule has 3 amide bonds.